The summed E-state index contributed by atoms with van der Waals surface area (Å²) in [6.45, 7) is 12.5. The largest absolute Gasteiger partial charge is 0.504 e. The predicted molar refractivity (Wildman–Crippen MR) is 433 cm³/mol. The van der Waals surface area contributed by atoms with E-state index in [1.165, 1.54) is 4.70 Å². The fraction of sp³-hybridized carbons (Fsp3) is 0.299. The number of amides is 4. The van der Waals surface area contributed by atoms with Crippen molar-refractivity contribution in [3.63, 3.8) is 0 Å². The van der Waals surface area contributed by atoms with Crippen molar-refractivity contribution in [3.8, 4) is 73.4 Å². The number of aromatic nitrogens is 8. The second-order valence-electron chi connectivity index (χ2n) is 29.5. The normalized spacial score (nSPS) is 18.6. The minimum absolute atomic E-state index is 0.0136. The Hall–Kier alpha value is -11.9. The van der Waals surface area contributed by atoms with Crippen LogP contribution in [0.25, 0.3) is 98.5 Å². The third kappa shape index (κ3) is 17.6. The van der Waals surface area contributed by atoms with Gasteiger partial charge in [0, 0.05) is 150 Å². The lowest BCUT2D eigenvalue weighted by Gasteiger charge is -2.21. The molecule has 0 radical (unpaired) electrons. The number of halogens is 4. The van der Waals surface area contributed by atoms with Gasteiger partial charge in [0.05, 0.1) is 62.5 Å². The van der Waals surface area contributed by atoms with E-state index in [-0.39, 0.29) is 81.9 Å². The molecule has 27 heteroatoms. The third-order valence-corrected chi connectivity index (χ3v) is 22.8. The van der Waals surface area contributed by atoms with E-state index in [0.717, 1.165) is 130 Å². The number of pyridine rings is 5. The van der Waals surface area contributed by atoms with E-state index >= 15 is 0 Å². The van der Waals surface area contributed by atoms with Gasteiger partial charge in [-0.05, 0) is 208 Å². The van der Waals surface area contributed by atoms with Crippen molar-refractivity contribution in [2.45, 2.75) is 109 Å². The van der Waals surface area contributed by atoms with Gasteiger partial charge in [0.2, 0.25) is 23.6 Å². The monoisotopic (exact) mass is 1580 g/mol. The predicted octanol–water partition coefficient (Wildman–Crippen LogP) is 15.8. The van der Waals surface area contributed by atoms with Crippen molar-refractivity contribution < 1.29 is 56.0 Å². The van der Waals surface area contributed by atoms with Crippen LogP contribution in [-0.2, 0) is 31.0 Å². The number of hydrogen-bond donors (Lipinski definition) is 5. The fourth-order valence-corrected chi connectivity index (χ4v) is 15.9. The summed E-state index contributed by atoms with van der Waals surface area (Å²) in [5.74, 6) is 4.29. The molecule has 0 spiro atoms. The van der Waals surface area contributed by atoms with Gasteiger partial charge in [-0.2, -0.15) is 9.78 Å². The molecule has 5 fully saturated rings. The zero-order valence-electron chi connectivity index (χ0n) is 63.3. The topological polar surface area (TPSA) is 284 Å². The number of alkyl halides is 3. The Bertz CT molecular complexity index is 5790. The molecule has 0 bridgehead atoms. The quantitative estimate of drug-likeness (QED) is 0.0534. The molecule has 6 N–H and O–H groups in total. The Balaban J connectivity index is 0.000000120. The van der Waals surface area contributed by atoms with Crippen molar-refractivity contribution >= 4 is 100 Å². The first-order valence-electron chi connectivity index (χ1n) is 37.8. The number of fused-ring (bicyclic) bond motifs is 5. The summed E-state index contributed by atoms with van der Waals surface area (Å²) in [6.07, 6.45) is 9.47. The van der Waals surface area contributed by atoms with Gasteiger partial charge < -0.3 is 50.7 Å². The Labute approximate surface area is 663 Å². The van der Waals surface area contributed by atoms with Gasteiger partial charge in [-0.1, -0.05) is 29.8 Å². The second-order valence-corrected chi connectivity index (χ2v) is 31.2. The van der Waals surface area contributed by atoms with E-state index in [9.17, 15) is 32.3 Å². The third-order valence-electron chi connectivity index (χ3n) is 21.6. The van der Waals surface area contributed by atoms with Crippen LogP contribution >= 0.6 is 22.9 Å². The summed E-state index contributed by atoms with van der Waals surface area (Å²) in [5.41, 5.74) is 18.0. The molecule has 0 unspecified atom stereocenters. The van der Waals surface area contributed by atoms with Crippen LogP contribution in [0.1, 0.15) is 76.8 Å². The lowest BCUT2D eigenvalue weighted by atomic mass is 9.98. The highest BCUT2D eigenvalue weighted by molar-refractivity contribution is 7.18. The molecule has 6 aromatic carbocycles. The number of nitrogens with two attached hydrogens (primary N) is 1. The molecule has 5 aliphatic rings. The van der Waals surface area contributed by atoms with Gasteiger partial charge in [0.25, 0.3) is 0 Å². The highest BCUT2D eigenvalue weighted by Crippen LogP contribution is 2.47. The van der Waals surface area contributed by atoms with Crippen LogP contribution in [0.2, 0.25) is 5.02 Å². The number of methoxy groups -OCH3 is 1. The number of nitrogens with zero attached hydrogens (tertiary/aromatic N) is 8. The zero-order chi connectivity index (χ0) is 79.5. The lowest BCUT2D eigenvalue weighted by Crippen LogP contribution is -2.25. The van der Waals surface area contributed by atoms with Crippen molar-refractivity contribution in [1.82, 2.24) is 61.0 Å². The molecule has 13 aromatic rings. The molecule has 18 rings (SSSR count). The first-order valence-corrected chi connectivity index (χ1v) is 39.0. The SMILES string of the molecule is COc1ccc(-c2cc(O[C@H](C)[C@H]3CNC(=O)C3)c3cccnc3c2)nc1.C[C@@H](Oc1cc(-c2ccc(C3(N)CC3)c(Cl)c2)cc2ncccc12)[C@H]1CNC(=O)C1.C[C@@H](Oc1cc(-c2cnn(C(F)(F)F)c2)cc2ncccc12)[C@H]1CNC(=O)C1.Cc1nc2ccc(-c3cc(O[C@H](C)[C@H]4CNC(=O)C4)c4cccnc4c3)cc2s1. The van der Waals surface area contributed by atoms with Crippen molar-refractivity contribution in [2.75, 3.05) is 33.3 Å². The highest BCUT2D eigenvalue weighted by Gasteiger charge is 2.42. The summed E-state index contributed by atoms with van der Waals surface area (Å²) in [7, 11) is 1.62. The smallest absolute Gasteiger partial charge is 0.495 e. The molecular formula is C87H83ClF3N13O9S. The molecule has 1 saturated carbocycles. The zero-order valence-corrected chi connectivity index (χ0v) is 64.9. The first kappa shape index (κ1) is 77.5. The van der Waals surface area contributed by atoms with Gasteiger partial charge in [-0.25, -0.2) is 4.98 Å². The molecule has 8 atom stereocenters. The number of benzene rings is 6. The van der Waals surface area contributed by atoms with E-state index in [1.54, 1.807) is 67.6 Å². The van der Waals surface area contributed by atoms with Crippen molar-refractivity contribution in [2.24, 2.45) is 29.4 Å². The van der Waals surface area contributed by atoms with E-state index in [2.05, 4.69) is 92.7 Å². The minimum atomic E-state index is -4.58. The molecule has 11 heterocycles. The summed E-state index contributed by atoms with van der Waals surface area (Å²) in [6, 6.07) is 47.2. The average molecular weight is 1580 g/mol. The second kappa shape index (κ2) is 33.1. The van der Waals surface area contributed by atoms with E-state index in [0.29, 0.717) is 85.0 Å². The van der Waals surface area contributed by atoms with Gasteiger partial charge >= 0.3 is 6.30 Å². The average Bonchev–Trinajstić information content (AvgIpc) is 1.50. The number of hydrogen-bond acceptors (Lipinski definition) is 18. The van der Waals surface area contributed by atoms with Gasteiger partial charge in [0.15, 0.2) is 0 Å². The summed E-state index contributed by atoms with van der Waals surface area (Å²) >= 11 is 8.28. The Morgan fingerprint density at radius 2 is 0.895 bits per heavy atom. The fourth-order valence-electron chi connectivity index (χ4n) is 14.7. The van der Waals surface area contributed by atoms with Gasteiger partial charge in [-0.3, -0.25) is 44.1 Å². The number of rotatable bonds is 18. The maximum Gasteiger partial charge on any atom is 0.504 e. The van der Waals surface area contributed by atoms with E-state index < -0.39 is 6.30 Å². The number of thiazole rings is 1. The Kier molecular flexibility index (Phi) is 22.5. The molecule has 114 heavy (non-hydrogen) atoms. The standard InChI is InChI=1S/C24H24ClN3O2.C23H21N3O2S.C21H21N3O3.C19H17F3N4O2/c1-14(17-12-23(29)28-13-17)30-22-11-16(10-21-18(22)3-2-8-27-21)15-4-5-19(20(25)9-15)24(26)6-7-24;1-13(17-11-23(27)25-12-17)28-21-9-16(8-20-18(21)4-3-7-24-20)15-5-6-19-22(10-15)29-14(2)26-19;1-13(15-10-21(25)24-11-15)27-20-9-14(8-19-17(20)4-3-7-22-19)18-6-5-16(26-2)12-23-18;1-11(13-7-18(27)24-8-13)28-17-6-12(5-16-15(17)3-2-4-23-16)14-9-25-26(10-14)19(20,21)22/h2-5,8-11,14,17H,6-7,12-13,26H2,1H3,(H,28,29);3-10,13,17H,11-12H2,1-2H3,(H,25,27);3-9,12-13,15H,10-11H2,1-2H3,(H,24,25);2-6,9-11,13H,7-8H2,1H3,(H,24,27)/t14-,17-;13-,17-;13-,15-;11-,13-/m1111/s1. The van der Waals surface area contributed by atoms with Crippen molar-refractivity contribution in [1.29, 1.82) is 0 Å². The molecule has 4 amide bonds. The van der Waals surface area contributed by atoms with Crippen LogP contribution in [0.3, 0.4) is 0 Å². The summed E-state index contributed by atoms with van der Waals surface area (Å²) < 4.78 is 70.0. The number of carbonyl (C=O) groups excluding carboxylic acids is 4. The highest BCUT2D eigenvalue weighted by atomic mass is 35.5. The summed E-state index contributed by atoms with van der Waals surface area (Å²) in [4.78, 5) is 73.1. The van der Waals surface area contributed by atoms with Crippen molar-refractivity contribution in [3.05, 3.63) is 205 Å². The number of ether oxygens (including phenoxy) is 5. The number of carbonyl (C=O) groups is 4. The molecule has 7 aromatic heterocycles. The number of nitrogens with one attached hydrogen (secondary N) is 4. The Morgan fingerprint density at radius 1 is 0.491 bits per heavy atom. The molecule has 22 nitrogen and oxygen atoms in total. The van der Waals surface area contributed by atoms with Gasteiger partial charge in [0.1, 0.15) is 53.2 Å². The van der Waals surface area contributed by atoms with Crippen LogP contribution in [0, 0.1) is 30.6 Å². The van der Waals surface area contributed by atoms with Crippen LogP contribution in [0.15, 0.2) is 189 Å². The first-order chi connectivity index (χ1) is 54.9. The van der Waals surface area contributed by atoms with Crippen LogP contribution in [-0.4, -0.2) is 121 Å². The van der Waals surface area contributed by atoms with Crippen LogP contribution in [0.5, 0.6) is 28.7 Å². The number of aryl methyl sites for hydroxylation is 1. The van der Waals surface area contributed by atoms with Gasteiger partial charge in [-0.15, -0.1) is 24.5 Å². The molecule has 4 saturated heterocycles. The maximum atomic E-state index is 12.9. The molecular weight excluding hydrogens is 1500 g/mol. The minimum Gasteiger partial charge on any atom is -0.495 e. The van der Waals surface area contributed by atoms with Crippen LogP contribution < -0.4 is 50.7 Å². The van der Waals surface area contributed by atoms with E-state index in [1.807, 2.05) is 126 Å². The molecule has 584 valence electrons. The Morgan fingerprint density at radius 3 is 1.26 bits per heavy atom. The molecule has 4 aliphatic heterocycles. The summed E-state index contributed by atoms with van der Waals surface area (Å²) in [5, 5.41) is 20.2. The maximum absolute atomic E-state index is 12.9. The lowest BCUT2D eigenvalue weighted by molar-refractivity contribution is -0.212. The van der Waals surface area contributed by atoms with Crippen LogP contribution in [0.4, 0.5) is 13.2 Å². The van der Waals surface area contributed by atoms with E-state index in [4.69, 9.17) is 41.0 Å². The molecule has 1 aliphatic carbocycles.